The molecule has 0 aliphatic heterocycles. The monoisotopic (exact) mass is 332 g/mol. The molecule has 0 aromatic carbocycles. The van der Waals surface area contributed by atoms with Crippen molar-refractivity contribution < 1.29 is 4.74 Å². The summed E-state index contributed by atoms with van der Waals surface area (Å²) in [6, 6.07) is 0. The molecule has 2 rings (SSSR count). The first-order chi connectivity index (χ1) is 11.8. The third-order valence-corrected chi connectivity index (χ3v) is 6.29. The van der Waals surface area contributed by atoms with E-state index in [1.165, 1.54) is 77.0 Å². The molecule has 1 heteroatoms. The van der Waals surface area contributed by atoms with E-state index in [9.17, 15) is 0 Å². The standard InChI is InChI=1S/C23H40O/c1-3-5-6-7-20-8-10-21(11-9-20)12-13-22-14-16-23(17-15-22)19-24-18-4-2/h4,6-7,20-23H,2-3,5,8-19H2,1H3/b7-6+/t20-,21-,22-,23-. The second kappa shape index (κ2) is 11.9. The van der Waals surface area contributed by atoms with E-state index < -0.39 is 0 Å². The Balaban J connectivity index is 1.53. The molecule has 0 heterocycles. The Morgan fingerprint density at radius 1 is 0.875 bits per heavy atom. The Kier molecular flexibility index (Phi) is 9.80. The number of allylic oxidation sites excluding steroid dienone is 2. The van der Waals surface area contributed by atoms with Crippen molar-refractivity contribution in [3.63, 3.8) is 0 Å². The summed E-state index contributed by atoms with van der Waals surface area (Å²) in [5, 5.41) is 0. The molecule has 0 unspecified atom stereocenters. The van der Waals surface area contributed by atoms with Gasteiger partial charge in [-0.15, -0.1) is 6.58 Å². The Labute approximate surface area is 150 Å². The van der Waals surface area contributed by atoms with Gasteiger partial charge in [-0.3, -0.25) is 0 Å². The normalized spacial score (nSPS) is 31.4. The van der Waals surface area contributed by atoms with Gasteiger partial charge >= 0.3 is 0 Å². The van der Waals surface area contributed by atoms with Crippen LogP contribution in [0.3, 0.4) is 0 Å². The SMILES string of the molecule is C=CCOC[C@H]1CC[C@H](CC[C@H]2CC[C@H](/C=C/CCC)CC2)CC1. The van der Waals surface area contributed by atoms with E-state index in [1.54, 1.807) is 0 Å². The van der Waals surface area contributed by atoms with Crippen LogP contribution in [0.2, 0.25) is 0 Å². The predicted molar refractivity (Wildman–Crippen MR) is 105 cm³/mol. The van der Waals surface area contributed by atoms with E-state index in [0.29, 0.717) is 0 Å². The van der Waals surface area contributed by atoms with Gasteiger partial charge in [0.2, 0.25) is 0 Å². The summed E-state index contributed by atoms with van der Waals surface area (Å²) in [7, 11) is 0. The first-order valence-corrected chi connectivity index (χ1v) is 10.7. The molecule has 0 saturated heterocycles. The van der Waals surface area contributed by atoms with E-state index in [1.807, 2.05) is 6.08 Å². The Hall–Kier alpha value is -0.560. The fraction of sp³-hybridized carbons (Fsp3) is 0.826. The van der Waals surface area contributed by atoms with E-state index in [2.05, 4.69) is 25.7 Å². The zero-order chi connectivity index (χ0) is 17.0. The van der Waals surface area contributed by atoms with Crippen molar-refractivity contribution in [1.82, 2.24) is 0 Å². The van der Waals surface area contributed by atoms with Crippen molar-refractivity contribution in [2.45, 2.75) is 84.0 Å². The highest BCUT2D eigenvalue weighted by molar-refractivity contribution is 4.91. The van der Waals surface area contributed by atoms with Gasteiger partial charge in [0.15, 0.2) is 0 Å². The number of hydrogen-bond donors (Lipinski definition) is 0. The maximum absolute atomic E-state index is 5.63. The lowest BCUT2D eigenvalue weighted by molar-refractivity contribution is 0.0937. The molecule has 2 saturated carbocycles. The molecule has 0 atom stereocenters. The Morgan fingerprint density at radius 2 is 1.46 bits per heavy atom. The Bertz CT molecular complexity index is 343. The molecule has 0 aromatic rings. The average Bonchev–Trinajstić information content (AvgIpc) is 2.63. The molecule has 0 aromatic heterocycles. The van der Waals surface area contributed by atoms with Crippen molar-refractivity contribution in [2.75, 3.05) is 13.2 Å². The van der Waals surface area contributed by atoms with E-state index >= 15 is 0 Å². The van der Waals surface area contributed by atoms with Gasteiger partial charge in [0, 0.05) is 6.61 Å². The zero-order valence-electron chi connectivity index (χ0n) is 16.1. The van der Waals surface area contributed by atoms with Gasteiger partial charge in [-0.25, -0.2) is 0 Å². The molecular formula is C23H40O. The minimum absolute atomic E-state index is 0.718. The number of hydrogen-bond acceptors (Lipinski definition) is 1. The predicted octanol–water partition coefficient (Wildman–Crippen LogP) is 6.94. The largest absolute Gasteiger partial charge is 0.377 e. The van der Waals surface area contributed by atoms with Gasteiger partial charge < -0.3 is 4.74 Å². The van der Waals surface area contributed by atoms with Gasteiger partial charge in [-0.2, -0.15) is 0 Å². The summed E-state index contributed by atoms with van der Waals surface area (Å²) in [6.45, 7) is 7.66. The maximum Gasteiger partial charge on any atom is 0.0644 e. The minimum atomic E-state index is 0.718. The molecule has 2 aliphatic rings. The van der Waals surface area contributed by atoms with Crippen molar-refractivity contribution in [3.05, 3.63) is 24.8 Å². The van der Waals surface area contributed by atoms with Crippen molar-refractivity contribution >= 4 is 0 Å². The smallest absolute Gasteiger partial charge is 0.0644 e. The van der Waals surface area contributed by atoms with Crippen LogP contribution in [0.4, 0.5) is 0 Å². The summed E-state index contributed by atoms with van der Waals surface area (Å²) in [4.78, 5) is 0. The quantitative estimate of drug-likeness (QED) is 0.311. The molecule has 138 valence electrons. The molecule has 0 amide bonds. The number of unbranched alkanes of at least 4 members (excludes halogenated alkanes) is 1. The molecule has 2 aliphatic carbocycles. The molecule has 2 fully saturated rings. The van der Waals surface area contributed by atoms with Crippen LogP contribution in [0.25, 0.3) is 0 Å². The van der Waals surface area contributed by atoms with Crippen LogP contribution < -0.4 is 0 Å². The summed E-state index contributed by atoms with van der Waals surface area (Å²) in [5.41, 5.74) is 0. The van der Waals surface area contributed by atoms with Gasteiger partial charge in [0.1, 0.15) is 0 Å². The van der Waals surface area contributed by atoms with Crippen molar-refractivity contribution in [2.24, 2.45) is 23.7 Å². The highest BCUT2D eigenvalue weighted by Gasteiger charge is 2.24. The number of ether oxygens (including phenoxy) is 1. The molecule has 0 N–H and O–H groups in total. The molecule has 0 bridgehead atoms. The van der Waals surface area contributed by atoms with Crippen LogP contribution in [0.1, 0.15) is 84.0 Å². The van der Waals surface area contributed by atoms with Crippen molar-refractivity contribution in [3.8, 4) is 0 Å². The third-order valence-electron chi connectivity index (χ3n) is 6.29. The molecular weight excluding hydrogens is 292 g/mol. The lowest BCUT2D eigenvalue weighted by Gasteiger charge is -2.31. The lowest BCUT2D eigenvalue weighted by Crippen LogP contribution is -2.20. The van der Waals surface area contributed by atoms with Gasteiger partial charge in [-0.1, -0.05) is 57.3 Å². The first-order valence-electron chi connectivity index (χ1n) is 10.7. The highest BCUT2D eigenvalue weighted by atomic mass is 16.5. The van der Waals surface area contributed by atoms with Crippen LogP contribution in [0, 0.1) is 23.7 Å². The second-order valence-corrected chi connectivity index (χ2v) is 8.29. The summed E-state index contributed by atoms with van der Waals surface area (Å²) in [6.07, 6.45) is 23.8. The van der Waals surface area contributed by atoms with Crippen LogP contribution in [0.5, 0.6) is 0 Å². The summed E-state index contributed by atoms with van der Waals surface area (Å²) >= 11 is 0. The highest BCUT2D eigenvalue weighted by Crippen LogP contribution is 2.36. The molecule has 0 spiro atoms. The average molecular weight is 333 g/mol. The van der Waals surface area contributed by atoms with Crippen molar-refractivity contribution in [1.29, 1.82) is 0 Å². The van der Waals surface area contributed by atoms with E-state index in [4.69, 9.17) is 4.74 Å². The second-order valence-electron chi connectivity index (χ2n) is 8.29. The number of rotatable bonds is 10. The Morgan fingerprint density at radius 3 is 2.04 bits per heavy atom. The summed E-state index contributed by atoms with van der Waals surface area (Å²) in [5.74, 6) is 3.72. The molecule has 24 heavy (non-hydrogen) atoms. The topological polar surface area (TPSA) is 9.23 Å². The first kappa shape index (κ1) is 19.8. The minimum Gasteiger partial charge on any atom is -0.377 e. The van der Waals surface area contributed by atoms with E-state index in [0.717, 1.165) is 36.9 Å². The van der Waals surface area contributed by atoms with E-state index in [-0.39, 0.29) is 0 Å². The third kappa shape index (κ3) is 7.55. The van der Waals surface area contributed by atoms with Gasteiger partial charge in [-0.05, 0) is 68.6 Å². The van der Waals surface area contributed by atoms with Gasteiger partial charge in [0.05, 0.1) is 6.61 Å². The lowest BCUT2D eigenvalue weighted by atomic mass is 9.75. The molecule has 0 radical (unpaired) electrons. The fourth-order valence-corrected chi connectivity index (χ4v) is 4.60. The van der Waals surface area contributed by atoms with Crippen LogP contribution in [-0.4, -0.2) is 13.2 Å². The van der Waals surface area contributed by atoms with Gasteiger partial charge in [0.25, 0.3) is 0 Å². The van der Waals surface area contributed by atoms with Crippen LogP contribution >= 0.6 is 0 Å². The van der Waals surface area contributed by atoms with Crippen LogP contribution in [0.15, 0.2) is 24.8 Å². The van der Waals surface area contributed by atoms with Crippen LogP contribution in [-0.2, 0) is 4.74 Å². The zero-order valence-corrected chi connectivity index (χ0v) is 16.1. The molecule has 1 nitrogen and oxygen atoms in total. The maximum atomic E-state index is 5.63. The summed E-state index contributed by atoms with van der Waals surface area (Å²) < 4.78 is 5.63. The fourth-order valence-electron chi connectivity index (χ4n) is 4.60.